The van der Waals surface area contributed by atoms with Gasteiger partial charge in [-0.15, -0.1) is 0 Å². The van der Waals surface area contributed by atoms with Crippen LogP contribution in [0.5, 0.6) is 11.5 Å². The van der Waals surface area contributed by atoms with Gasteiger partial charge in [-0.1, -0.05) is 53.8 Å². The highest BCUT2D eigenvalue weighted by molar-refractivity contribution is 8.26. The van der Waals surface area contributed by atoms with Crippen molar-refractivity contribution in [2.24, 2.45) is 0 Å². The summed E-state index contributed by atoms with van der Waals surface area (Å²) < 4.78 is 12.1. The van der Waals surface area contributed by atoms with E-state index < -0.39 is 0 Å². The second-order valence-corrected chi connectivity index (χ2v) is 7.95. The van der Waals surface area contributed by atoms with Crippen LogP contribution in [0.15, 0.2) is 47.4 Å². The molecule has 0 unspecified atom stereocenters. The Balaban J connectivity index is 1.51. The summed E-state index contributed by atoms with van der Waals surface area (Å²) in [6.45, 7) is 5.04. The van der Waals surface area contributed by atoms with E-state index in [1.807, 2.05) is 49.4 Å². The Labute approximate surface area is 169 Å². The lowest BCUT2D eigenvalue weighted by atomic mass is 10.1. The molecule has 1 fully saturated rings. The molecular weight excluding hydrogens is 378 g/mol. The van der Waals surface area contributed by atoms with Gasteiger partial charge in [0.25, 0.3) is 5.91 Å². The summed E-state index contributed by atoms with van der Waals surface area (Å²) in [7, 11) is 1.69. The molecule has 0 aliphatic carbocycles. The predicted molar refractivity (Wildman–Crippen MR) is 114 cm³/mol. The fourth-order valence-electron chi connectivity index (χ4n) is 2.63. The largest absolute Gasteiger partial charge is 0.490 e. The molecule has 2 aromatic carbocycles. The Morgan fingerprint density at radius 2 is 1.78 bits per heavy atom. The van der Waals surface area contributed by atoms with E-state index in [1.165, 1.54) is 22.2 Å². The van der Waals surface area contributed by atoms with Crippen molar-refractivity contribution < 1.29 is 14.3 Å². The van der Waals surface area contributed by atoms with Crippen LogP contribution in [0.3, 0.4) is 0 Å². The van der Waals surface area contributed by atoms with Gasteiger partial charge in [0.05, 0.1) is 4.91 Å². The van der Waals surface area contributed by atoms with E-state index in [1.54, 1.807) is 7.05 Å². The number of rotatable bonds is 6. The van der Waals surface area contributed by atoms with E-state index in [2.05, 4.69) is 13.0 Å². The van der Waals surface area contributed by atoms with Gasteiger partial charge in [-0.3, -0.25) is 9.69 Å². The summed E-state index contributed by atoms with van der Waals surface area (Å²) in [5, 5.41) is 0. The highest BCUT2D eigenvalue weighted by Gasteiger charge is 2.28. The second kappa shape index (κ2) is 8.59. The maximum Gasteiger partial charge on any atom is 0.265 e. The summed E-state index contributed by atoms with van der Waals surface area (Å²) in [6.07, 6.45) is 1.84. The Bertz CT molecular complexity index is 891. The lowest BCUT2D eigenvalue weighted by molar-refractivity contribution is -0.121. The van der Waals surface area contributed by atoms with Gasteiger partial charge in [0.15, 0.2) is 0 Å². The third-order valence-corrected chi connectivity index (χ3v) is 5.59. The van der Waals surface area contributed by atoms with Gasteiger partial charge in [-0.05, 0) is 49.2 Å². The molecule has 1 saturated heterocycles. The Hall–Kier alpha value is -2.31. The SMILES string of the molecule is Cc1ccc(OCCOc2ccc(/C=C3/SC(=S)N(C)C3=O)cc2)c(C)c1. The predicted octanol–water partition coefficient (Wildman–Crippen LogP) is 4.59. The van der Waals surface area contributed by atoms with Crippen molar-refractivity contribution >= 4 is 40.3 Å². The van der Waals surface area contributed by atoms with E-state index in [0.717, 1.165) is 22.6 Å². The first kappa shape index (κ1) is 19.5. The van der Waals surface area contributed by atoms with Crippen molar-refractivity contribution in [3.8, 4) is 11.5 Å². The fourth-order valence-corrected chi connectivity index (χ4v) is 3.81. The molecule has 0 N–H and O–H groups in total. The first-order valence-electron chi connectivity index (χ1n) is 8.58. The van der Waals surface area contributed by atoms with Gasteiger partial charge in [-0.25, -0.2) is 0 Å². The maximum atomic E-state index is 12.0. The highest BCUT2D eigenvalue weighted by Crippen LogP contribution is 2.31. The molecule has 0 saturated carbocycles. The fraction of sp³-hybridized carbons (Fsp3) is 0.238. The first-order valence-corrected chi connectivity index (χ1v) is 9.81. The van der Waals surface area contributed by atoms with Crippen LogP contribution < -0.4 is 9.47 Å². The highest BCUT2D eigenvalue weighted by atomic mass is 32.2. The van der Waals surface area contributed by atoms with E-state index in [0.29, 0.717) is 22.4 Å². The summed E-state index contributed by atoms with van der Waals surface area (Å²) in [5.74, 6) is 1.58. The van der Waals surface area contributed by atoms with Crippen LogP contribution in [-0.2, 0) is 4.79 Å². The molecule has 140 valence electrons. The molecule has 27 heavy (non-hydrogen) atoms. The number of thioether (sulfide) groups is 1. The number of benzene rings is 2. The van der Waals surface area contributed by atoms with Crippen molar-refractivity contribution in [1.29, 1.82) is 0 Å². The monoisotopic (exact) mass is 399 g/mol. The molecule has 6 heteroatoms. The van der Waals surface area contributed by atoms with Crippen LogP contribution in [0.25, 0.3) is 6.08 Å². The average molecular weight is 400 g/mol. The molecule has 1 amide bonds. The van der Waals surface area contributed by atoms with E-state index in [-0.39, 0.29) is 5.91 Å². The summed E-state index contributed by atoms with van der Waals surface area (Å²) in [4.78, 5) is 14.2. The van der Waals surface area contributed by atoms with Crippen molar-refractivity contribution in [3.05, 3.63) is 64.1 Å². The van der Waals surface area contributed by atoms with Gasteiger partial charge in [-0.2, -0.15) is 0 Å². The number of nitrogens with zero attached hydrogens (tertiary/aromatic N) is 1. The standard InChI is InChI=1S/C21H21NO3S2/c1-14-4-9-18(15(2)12-14)25-11-10-24-17-7-5-16(6-8-17)13-19-20(23)22(3)21(26)27-19/h4-9,12-13H,10-11H2,1-3H3/b19-13+. The number of thiocarbonyl (C=S) groups is 1. The van der Waals surface area contributed by atoms with Gasteiger partial charge in [0.1, 0.15) is 29.0 Å². The normalized spacial score (nSPS) is 15.5. The topological polar surface area (TPSA) is 38.8 Å². The molecule has 0 spiro atoms. The molecule has 1 heterocycles. The van der Waals surface area contributed by atoms with Crippen molar-refractivity contribution in [2.75, 3.05) is 20.3 Å². The minimum Gasteiger partial charge on any atom is -0.490 e. The zero-order chi connectivity index (χ0) is 19.4. The van der Waals surface area contributed by atoms with Crippen LogP contribution in [-0.4, -0.2) is 35.4 Å². The lowest BCUT2D eigenvalue weighted by Crippen LogP contribution is -2.22. The lowest BCUT2D eigenvalue weighted by Gasteiger charge is -2.11. The number of amides is 1. The smallest absolute Gasteiger partial charge is 0.265 e. The number of hydrogen-bond donors (Lipinski definition) is 0. The Morgan fingerprint density at radius 1 is 1.07 bits per heavy atom. The van der Waals surface area contributed by atoms with Crippen molar-refractivity contribution in [2.45, 2.75) is 13.8 Å². The van der Waals surface area contributed by atoms with E-state index >= 15 is 0 Å². The molecule has 0 radical (unpaired) electrons. The van der Waals surface area contributed by atoms with Gasteiger partial charge in [0, 0.05) is 7.05 Å². The molecular formula is C21H21NO3S2. The van der Waals surface area contributed by atoms with E-state index in [4.69, 9.17) is 21.7 Å². The maximum absolute atomic E-state index is 12.0. The third-order valence-electron chi connectivity index (χ3n) is 4.10. The zero-order valence-corrected chi connectivity index (χ0v) is 17.2. The molecule has 0 bridgehead atoms. The summed E-state index contributed by atoms with van der Waals surface area (Å²) in [6, 6.07) is 13.7. The Kier molecular flexibility index (Phi) is 6.19. The number of aryl methyl sites for hydroxylation is 2. The quantitative estimate of drug-likeness (QED) is 0.403. The molecule has 4 nitrogen and oxygen atoms in total. The molecule has 3 rings (SSSR count). The number of hydrogen-bond acceptors (Lipinski definition) is 5. The second-order valence-electron chi connectivity index (χ2n) is 6.28. The van der Waals surface area contributed by atoms with Gasteiger partial charge < -0.3 is 9.47 Å². The number of carbonyl (C=O) groups excluding carboxylic acids is 1. The van der Waals surface area contributed by atoms with E-state index in [9.17, 15) is 4.79 Å². The van der Waals surface area contributed by atoms with Gasteiger partial charge >= 0.3 is 0 Å². The van der Waals surface area contributed by atoms with Gasteiger partial charge in [0.2, 0.25) is 0 Å². The molecule has 0 aromatic heterocycles. The number of ether oxygens (including phenoxy) is 2. The van der Waals surface area contributed by atoms with Crippen LogP contribution in [0.1, 0.15) is 16.7 Å². The minimum absolute atomic E-state index is 0.0612. The molecule has 0 atom stereocenters. The first-order chi connectivity index (χ1) is 12.9. The summed E-state index contributed by atoms with van der Waals surface area (Å²) in [5.41, 5.74) is 3.28. The van der Waals surface area contributed by atoms with Crippen molar-refractivity contribution in [3.63, 3.8) is 0 Å². The zero-order valence-electron chi connectivity index (χ0n) is 15.5. The number of carbonyl (C=O) groups is 1. The Morgan fingerprint density at radius 3 is 2.41 bits per heavy atom. The summed E-state index contributed by atoms with van der Waals surface area (Å²) >= 11 is 6.46. The third kappa shape index (κ3) is 4.90. The van der Waals surface area contributed by atoms with Crippen molar-refractivity contribution in [1.82, 2.24) is 4.90 Å². The van der Waals surface area contributed by atoms with Crippen LogP contribution in [0, 0.1) is 13.8 Å². The number of likely N-dealkylation sites (N-methyl/N-ethyl adjacent to an activating group) is 1. The molecule has 2 aromatic rings. The minimum atomic E-state index is -0.0612. The molecule has 1 aliphatic rings. The average Bonchev–Trinajstić information content (AvgIpc) is 2.88. The van der Waals surface area contributed by atoms with Crippen LogP contribution in [0.4, 0.5) is 0 Å². The van der Waals surface area contributed by atoms with Crippen LogP contribution in [0.2, 0.25) is 0 Å². The van der Waals surface area contributed by atoms with Crippen LogP contribution >= 0.6 is 24.0 Å². The molecule has 1 aliphatic heterocycles.